The molecule has 0 saturated carbocycles. The van der Waals surface area contributed by atoms with Gasteiger partial charge in [0, 0.05) is 45.5 Å². The first-order valence-corrected chi connectivity index (χ1v) is 8.37. The van der Waals surface area contributed by atoms with E-state index >= 15 is 0 Å². The molecule has 2 aromatic rings. The fourth-order valence-corrected chi connectivity index (χ4v) is 3.18. The summed E-state index contributed by atoms with van der Waals surface area (Å²) in [5.41, 5.74) is 1.03. The topological polar surface area (TPSA) is 67.2 Å². The summed E-state index contributed by atoms with van der Waals surface area (Å²) in [4.78, 5) is 16.6. The van der Waals surface area contributed by atoms with E-state index in [1.165, 1.54) is 0 Å². The van der Waals surface area contributed by atoms with E-state index in [0.717, 1.165) is 30.8 Å². The highest BCUT2D eigenvalue weighted by molar-refractivity contribution is 6.29. The molecule has 128 valence electrons. The van der Waals surface area contributed by atoms with Gasteiger partial charge in [-0.05, 0) is 25.0 Å². The third-order valence-electron chi connectivity index (χ3n) is 4.27. The SMILES string of the molecule is CN(Cc1cnn(C)c1)C(=O)[C@@H]1CCCN(c2ccc(Cl)nn2)C1. The van der Waals surface area contributed by atoms with Crippen LogP contribution >= 0.6 is 11.6 Å². The lowest BCUT2D eigenvalue weighted by Crippen LogP contribution is -2.43. The van der Waals surface area contributed by atoms with Crippen LogP contribution in [0.5, 0.6) is 0 Å². The third-order valence-corrected chi connectivity index (χ3v) is 4.47. The van der Waals surface area contributed by atoms with Crippen LogP contribution in [-0.4, -0.2) is 50.9 Å². The van der Waals surface area contributed by atoms with Crippen molar-refractivity contribution >= 4 is 23.3 Å². The molecule has 2 aromatic heterocycles. The molecule has 0 aromatic carbocycles. The van der Waals surface area contributed by atoms with Gasteiger partial charge in [0.25, 0.3) is 0 Å². The van der Waals surface area contributed by atoms with Crippen LogP contribution in [0.4, 0.5) is 5.82 Å². The van der Waals surface area contributed by atoms with Crippen LogP contribution in [0.3, 0.4) is 0 Å². The number of aromatic nitrogens is 4. The summed E-state index contributed by atoms with van der Waals surface area (Å²) in [7, 11) is 3.72. The van der Waals surface area contributed by atoms with Crippen LogP contribution < -0.4 is 4.90 Å². The first kappa shape index (κ1) is 16.7. The van der Waals surface area contributed by atoms with E-state index in [2.05, 4.69) is 20.2 Å². The maximum Gasteiger partial charge on any atom is 0.227 e. The van der Waals surface area contributed by atoms with Gasteiger partial charge in [0.1, 0.15) is 0 Å². The summed E-state index contributed by atoms with van der Waals surface area (Å²) < 4.78 is 1.75. The summed E-state index contributed by atoms with van der Waals surface area (Å²) in [6.07, 6.45) is 5.58. The van der Waals surface area contributed by atoms with E-state index in [-0.39, 0.29) is 11.8 Å². The monoisotopic (exact) mass is 348 g/mol. The Kier molecular flexibility index (Phi) is 4.99. The number of hydrogen-bond acceptors (Lipinski definition) is 5. The van der Waals surface area contributed by atoms with Crippen molar-refractivity contribution in [2.45, 2.75) is 19.4 Å². The number of hydrogen-bond donors (Lipinski definition) is 0. The minimum atomic E-state index is -0.0297. The summed E-state index contributed by atoms with van der Waals surface area (Å²) in [6, 6.07) is 3.57. The minimum absolute atomic E-state index is 0.0297. The lowest BCUT2D eigenvalue weighted by atomic mass is 9.96. The van der Waals surface area contributed by atoms with Gasteiger partial charge >= 0.3 is 0 Å². The fraction of sp³-hybridized carbons (Fsp3) is 0.500. The standard InChI is InChI=1S/C16H21ClN6O/c1-21(9-12-8-18-22(2)10-12)16(24)13-4-3-7-23(11-13)15-6-5-14(17)19-20-15/h5-6,8,10,13H,3-4,7,9,11H2,1-2H3/t13-/m1/s1. The Morgan fingerprint density at radius 2 is 2.25 bits per heavy atom. The molecule has 1 atom stereocenters. The molecule has 0 spiro atoms. The summed E-state index contributed by atoms with van der Waals surface area (Å²) >= 11 is 5.79. The molecule has 0 unspecified atom stereocenters. The van der Waals surface area contributed by atoms with Crippen molar-refractivity contribution in [3.8, 4) is 0 Å². The molecule has 0 aliphatic carbocycles. The van der Waals surface area contributed by atoms with Gasteiger partial charge in [-0.25, -0.2) is 0 Å². The molecule has 0 bridgehead atoms. The Morgan fingerprint density at radius 3 is 2.92 bits per heavy atom. The Labute approximate surface area is 146 Å². The van der Waals surface area contributed by atoms with Gasteiger partial charge in [0.2, 0.25) is 5.91 Å². The van der Waals surface area contributed by atoms with E-state index in [4.69, 9.17) is 11.6 Å². The highest BCUT2D eigenvalue weighted by Crippen LogP contribution is 2.23. The van der Waals surface area contributed by atoms with Crippen LogP contribution in [0.25, 0.3) is 0 Å². The molecule has 1 fully saturated rings. The summed E-state index contributed by atoms with van der Waals surface area (Å²) in [5.74, 6) is 0.898. The molecule has 1 amide bonds. The van der Waals surface area contributed by atoms with Gasteiger partial charge in [0.05, 0.1) is 12.1 Å². The maximum absolute atomic E-state index is 12.8. The fourth-order valence-electron chi connectivity index (χ4n) is 3.08. The third kappa shape index (κ3) is 3.84. The predicted molar refractivity (Wildman–Crippen MR) is 91.7 cm³/mol. The van der Waals surface area contributed by atoms with Crippen LogP contribution in [0.2, 0.25) is 5.15 Å². The normalized spacial score (nSPS) is 17.8. The van der Waals surface area contributed by atoms with Gasteiger partial charge in [-0.15, -0.1) is 10.2 Å². The van der Waals surface area contributed by atoms with Crippen LogP contribution in [0, 0.1) is 5.92 Å². The summed E-state index contributed by atoms with van der Waals surface area (Å²) in [6.45, 7) is 2.11. The Morgan fingerprint density at radius 1 is 1.42 bits per heavy atom. The van der Waals surface area contributed by atoms with Crippen molar-refractivity contribution in [1.29, 1.82) is 0 Å². The largest absolute Gasteiger partial charge is 0.354 e. The molecule has 3 heterocycles. The van der Waals surface area contributed by atoms with E-state index in [9.17, 15) is 4.79 Å². The van der Waals surface area contributed by atoms with Crippen molar-refractivity contribution in [1.82, 2.24) is 24.9 Å². The van der Waals surface area contributed by atoms with Crippen LogP contribution in [0.15, 0.2) is 24.5 Å². The number of halogens is 1. The predicted octanol–water partition coefficient (Wildman–Crippen LogP) is 1.74. The molecule has 7 nitrogen and oxygen atoms in total. The van der Waals surface area contributed by atoms with Crippen molar-refractivity contribution in [2.24, 2.45) is 13.0 Å². The second-order valence-electron chi connectivity index (χ2n) is 6.22. The Balaban J connectivity index is 1.63. The smallest absolute Gasteiger partial charge is 0.227 e. The molecular weight excluding hydrogens is 328 g/mol. The quantitative estimate of drug-likeness (QED) is 0.842. The van der Waals surface area contributed by atoms with E-state index in [1.54, 1.807) is 21.8 Å². The number of nitrogens with zero attached hydrogens (tertiary/aromatic N) is 6. The number of amides is 1. The van der Waals surface area contributed by atoms with Gasteiger partial charge < -0.3 is 9.80 Å². The molecule has 0 radical (unpaired) electrons. The lowest BCUT2D eigenvalue weighted by molar-refractivity contribution is -0.135. The number of rotatable bonds is 4. The highest BCUT2D eigenvalue weighted by atomic mass is 35.5. The first-order chi connectivity index (χ1) is 11.5. The van der Waals surface area contributed by atoms with E-state index in [0.29, 0.717) is 18.2 Å². The van der Waals surface area contributed by atoms with Crippen molar-refractivity contribution in [3.05, 3.63) is 35.2 Å². The number of carbonyl (C=O) groups is 1. The van der Waals surface area contributed by atoms with Crippen molar-refractivity contribution < 1.29 is 4.79 Å². The Bertz CT molecular complexity index is 701. The molecule has 1 saturated heterocycles. The first-order valence-electron chi connectivity index (χ1n) is 7.99. The molecule has 24 heavy (non-hydrogen) atoms. The van der Waals surface area contributed by atoms with Gasteiger partial charge in [-0.1, -0.05) is 11.6 Å². The zero-order valence-electron chi connectivity index (χ0n) is 13.9. The highest BCUT2D eigenvalue weighted by Gasteiger charge is 2.28. The minimum Gasteiger partial charge on any atom is -0.354 e. The maximum atomic E-state index is 12.8. The number of aryl methyl sites for hydroxylation is 1. The molecule has 1 aliphatic rings. The molecule has 0 N–H and O–H groups in total. The summed E-state index contributed by atoms with van der Waals surface area (Å²) in [5, 5.41) is 12.5. The second kappa shape index (κ2) is 7.17. The van der Waals surface area contributed by atoms with E-state index in [1.807, 2.05) is 26.4 Å². The number of anilines is 1. The molecular formula is C16H21ClN6O. The lowest BCUT2D eigenvalue weighted by Gasteiger charge is -2.34. The number of carbonyl (C=O) groups excluding carboxylic acids is 1. The molecule has 3 rings (SSSR count). The number of piperidine rings is 1. The van der Waals surface area contributed by atoms with Crippen molar-refractivity contribution in [2.75, 3.05) is 25.0 Å². The molecule has 8 heteroatoms. The van der Waals surface area contributed by atoms with Crippen LogP contribution in [0.1, 0.15) is 18.4 Å². The zero-order chi connectivity index (χ0) is 17.1. The average molecular weight is 349 g/mol. The average Bonchev–Trinajstić information content (AvgIpc) is 3.00. The molecule has 1 aliphatic heterocycles. The van der Waals surface area contributed by atoms with Crippen LogP contribution in [-0.2, 0) is 18.4 Å². The van der Waals surface area contributed by atoms with Gasteiger partial charge in [-0.2, -0.15) is 5.10 Å². The van der Waals surface area contributed by atoms with Gasteiger partial charge in [0.15, 0.2) is 11.0 Å². The zero-order valence-corrected chi connectivity index (χ0v) is 14.6. The Hall–Kier alpha value is -2.15. The van der Waals surface area contributed by atoms with E-state index < -0.39 is 0 Å². The van der Waals surface area contributed by atoms with Gasteiger partial charge in [-0.3, -0.25) is 9.48 Å². The second-order valence-corrected chi connectivity index (χ2v) is 6.60. The van der Waals surface area contributed by atoms with Crippen molar-refractivity contribution in [3.63, 3.8) is 0 Å².